The van der Waals surface area contributed by atoms with Crippen LogP contribution in [0.1, 0.15) is 15.9 Å². The summed E-state index contributed by atoms with van der Waals surface area (Å²) >= 11 is 3.25. The Hall–Kier alpha value is -2.21. The van der Waals surface area contributed by atoms with Gasteiger partial charge >= 0.3 is 11.7 Å². The molecule has 0 saturated carbocycles. The quantitative estimate of drug-likeness (QED) is 0.369. The topological polar surface area (TPSA) is 69.4 Å². The van der Waals surface area contributed by atoms with Crippen molar-refractivity contribution in [2.75, 3.05) is 0 Å². The fourth-order valence-electron chi connectivity index (χ4n) is 1.63. The number of carbonyl (C=O) groups excluding carboxylic acids is 1. The van der Waals surface area contributed by atoms with Gasteiger partial charge in [-0.05, 0) is 36.8 Å². The van der Waals surface area contributed by atoms with Gasteiger partial charge in [-0.2, -0.15) is 0 Å². The number of esters is 1. The first-order valence-electron chi connectivity index (χ1n) is 5.70. The third kappa shape index (κ3) is 3.21. The normalized spacial score (nSPS) is 10.1. The molecule has 6 heteroatoms. The number of ether oxygens (including phenoxy) is 1. The van der Waals surface area contributed by atoms with Crippen LogP contribution in [0, 0.1) is 17.0 Å². The van der Waals surface area contributed by atoms with Crippen LogP contribution < -0.4 is 4.74 Å². The minimum Gasteiger partial charge on any atom is -0.416 e. The molecule has 0 fully saturated rings. The Morgan fingerprint density at radius 2 is 2.00 bits per heavy atom. The van der Waals surface area contributed by atoms with Gasteiger partial charge in [0.2, 0.25) is 5.75 Å². The van der Waals surface area contributed by atoms with E-state index in [0.29, 0.717) is 5.56 Å². The van der Waals surface area contributed by atoms with E-state index in [1.807, 2.05) is 0 Å². The number of rotatable bonds is 3. The molecule has 0 bridgehead atoms. The Balaban J connectivity index is 2.32. The van der Waals surface area contributed by atoms with E-state index in [1.54, 1.807) is 37.3 Å². The van der Waals surface area contributed by atoms with Crippen LogP contribution in [0.2, 0.25) is 0 Å². The van der Waals surface area contributed by atoms with Gasteiger partial charge in [-0.3, -0.25) is 10.1 Å². The van der Waals surface area contributed by atoms with Gasteiger partial charge < -0.3 is 4.74 Å². The summed E-state index contributed by atoms with van der Waals surface area (Å²) in [5, 5.41) is 10.9. The zero-order chi connectivity index (χ0) is 14.7. The second-order valence-electron chi connectivity index (χ2n) is 4.13. The Morgan fingerprint density at radius 1 is 1.25 bits per heavy atom. The van der Waals surface area contributed by atoms with E-state index in [2.05, 4.69) is 15.9 Å². The number of benzene rings is 2. The van der Waals surface area contributed by atoms with E-state index in [1.165, 1.54) is 12.1 Å². The number of hydrogen-bond donors (Lipinski definition) is 0. The number of nitro benzene ring substituents is 1. The van der Waals surface area contributed by atoms with Gasteiger partial charge in [-0.15, -0.1) is 0 Å². The summed E-state index contributed by atoms with van der Waals surface area (Å²) in [6.07, 6.45) is 0. The average Bonchev–Trinajstić information content (AvgIpc) is 2.38. The van der Waals surface area contributed by atoms with Crippen LogP contribution in [-0.4, -0.2) is 10.9 Å². The van der Waals surface area contributed by atoms with E-state index in [4.69, 9.17) is 4.74 Å². The van der Waals surface area contributed by atoms with Gasteiger partial charge in [0.05, 0.1) is 10.5 Å². The molecule has 0 aromatic heterocycles. The molecule has 0 aliphatic carbocycles. The van der Waals surface area contributed by atoms with Crippen LogP contribution in [0.4, 0.5) is 5.69 Å². The smallest absolute Gasteiger partial charge is 0.343 e. The highest BCUT2D eigenvalue weighted by molar-refractivity contribution is 9.10. The van der Waals surface area contributed by atoms with E-state index < -0.39 is 10.9 Å². The number of hydrogen-bond acceptors (Lipinski definition) is 4. The van der Waals surface area contributed by atoms with Crippen molar-refractivity contribution in [1.29, 1.82) is 0 Å². The molecule has 2 aromatic rings. The van der Waals surface area contributed by atoms with E-state index in [-0.39, 0.29) is 11.4 Å². The summed E-state index contributed by atoms with van der Waals surface area (Å²) in [6.45, 7) is 1.76. The van der Waals surface area contributed by atoms with Crippen LogP contribution in [0.15, 0.2) is 46.9 Å². The number of aryl methyl sites for hydroxylation is 1. The maximum atomic E-state index is 12.0. The van der Waals surface area contributed by atoms with E-state index >= 15 is 0 Å². The van der Waals surface area contributed by atoms with Crippen molar-refractivity contribution < 1.29 is 14.5 Å². The number of nitro groups is 1. The minimum absolute atomic E-state index is 0.0556. The molecule has 0 atom stereocenters. The largest absolute Gasteiger partial charge is 0.416 e. The molecule has 102 valence electrons. The maximum Gasteiger partial charge on any atom is 0.343 e. The highest BCUT2D eigenvalue weighted by Gasteiger charge is 2.19. The van der Waals surface area contributed by atoms with Gasteiger partial charge in [0, 0.05) is 10.5 Å². The molecule has 5 nitrogen and oxygen atoms in total. The van der Waals surface area contributed by atoms with Crippen LogP contribution >= 0.6 is 15.9 Å². The van der Waals surface area contributed by atoms with Crippen LogP contribution in [-0.2, 0) is 0 Å². The summed E-state index contributed by atoms with van der Waals surface area (Å²) in [6, 6.07) is 11.0. The lowest BCUT2D eigenvalue weighted by Gasteiger charge is -2.06. The third-order valence-corrected chi connectivity index (χ3v) is 3.07. The summed E-state index contributed by atoms with van der Waals surface area (Å²) in [4.78, 5) is 22.3. The standard InChI is InChI=1S/C14H10BrNO4/c1-9-5-6-12(16(18)19)13(7-9)20-14(17)10-3-2-4-11(15)8-10/h2-8H,1H3. The molecule has 2 aromatic carbocycles. The van der Waals surface area contributed by atoms with Gasteiger partial charge in [0.15, 0.2) is 0 Å². The molecule has 0 spiro atoms. The van der Waals surface area contributed by atoms with Gasteiger partial charge in [-0.1, -0.05) is 28.1 Å². The van der Waals surface area contributed by atoms with Gasteiger partial charge in [0.25, 0.3) is 0 Å². The van der Waals surface area contributed by atoms with Crippen LogP contribution in [0.3, 0.4) is 0 Å². The SMILES string of the molecule is Cc1ccc([N+](=O)[O-])c(OC(=O)c2cccc(Br)c2)c1. The molecular weight excluding hydrogens is 326 g/mol. The summed E-state index contributed by atoms with van der Waals surface area (Å²) < 4.78 is 5.85. The zero-order valence-corrected chi connectivity index (χ0v) is 12.1. The zero-order valence-electron chi connectivity index (χ0n) is 10.5. The average molecular weight is 336 g/mol. The summed E-state index contributed by atoms with van der Waals surface area (Å²) in [5.41, 5.74) is 0.849. The minimum atomic E-state index is -0.639. The van der Waals surface area contributed by atoms with Gasteiger partial charge in [-0.25, -0.2) is 4.79 Å². The second kappa shape index (κ2) is 5.83. The molecule has 0 saturated heterocycles. The Bertz CT molecular complexity index is 685. The molecule has 0 N–H and O–H groups in total. The van der Waals surface area contributed by atoms with Crippen LogP contribution in [0.25, 0.3) is 0 Å². The van der Waals surface area contributed by atoms with Crippen molar-refractivity contribution in [1.82, 2.24) is 0 Å². The Labute approximate surface area is 123 Å². The second-order valence-corrected chi connectivity index (χ2v) is 5.04. The Kier molecular flexibility index (Phi) is 4.14. The van der Waals surface area contributed by atoms with Crippen molar-refractivity contribution in [2.24, 2.45) is 0 Å². The first-order valence-corrected chi connectivity index (χ1v) is 6.49. The fourth-order valence-corrected chi connectivity index (χ4v) is 2.03. The molecule has 0 aliphatic rings. The van der Waals surface area contributed by atoms with E-state index in [9.17, 15) is 14.9 Å². The number of halogens is 1. The first kappa shape index (κ1) is 14.2. The van der Waals surface area contributed by atoms with Crippen molar-refractivity contribution in [3.05, 3.63) is 68.2 Å². The highest BCUT2D eigenvalue weighted by atomic mass is 79.9. The van der Waals surface area contributed by atoms with E-state index in [0.717, 1.165) is 10.0 Å². The van der Waals surface area contributed by atoms with Crippen molar-refractivity contribution in [3.63, 3.8) is 0 Å². The fraction of sp³-hybridized carbons (Fsp3) is 0.0714. The number of carbonyl (C=O) groups is 1. The van der Waals surface area contributed by atoms with Gasteiger partial charge in [0.1, 0.15) is 0 Å². The lowest BCUT2D eigenvalue weighted by atomic mass is 10.2. The predicted octanol–water partition coefficient (Wildman–Crippen LogP) is 3.88. The predicted molar refractivity (Wildman–Crippen MR) is 76.9 cm³/mol. The van der Waals surface area contributed by atoms with Crippen LogP contribution in [0.5, 0.6) is 5.75 Å². The number of nitrogens with zero attached hydrogens (tertiary/aromatic N) is 1. The Morgan fingerprint density at radius 3 is 2.65 bits per heavy atom. The molecule has 2 rings (SSSR count). The molecule has 0 amide bonds. The lowest BCUT2D eigenvalue weighted by Crippen LogP contribution is -2.09. The highest BCUT2D eigenvalue weighted by Crippen LogP contribution is 2.28. The molecule has 0 heterocycles. The van der Waals surface area contributed by atoms with Crippen molar-refractivity contribution in [2.45, 2.75) is 6.92 Å². The van der Waals surface area contributed by atoms with Crippen molar-refractivity contribution in [3.8, 4) is 5.75 Å². The third-order valence-electron chi connectivity index (χ3n) is 2.57. The monoisotopic (exact) mass is 335 g/mol. The molecule has 0 radical (unpaired) electrons. The lowest BCUT2D eigenvalue weighted by molar-refractivity contribution is -0.385. The molecular formula is C14H10BrNO4. The molecule has 0 aliphatic heterocycles. The summed E-state index contributed by atoms with van der Waals surface area (Å²) in [7, 11) is 0. The van der Waals surface area contributed by atoms with Crippen molar-refractivity contribution >= 4 is 27.6 Å². The molecule has 20 heavy (non-hydrogen) atoms. The maximum absolute atomic E-state index is 12.0. The molecule has 0 unspecified atom stereocenters. The summed E-state index contributed by atoms with van der Waals surface area (Å²) in [5.74, 6) is -0.694. The first-order chi connectivity index (χ1) is 9.47.